The number of hydrogen-bond acceptors (Lipinski definition) is 7. The molecule has 3 N–H and O–H groups in total. The van der Waals surface area contributed by atoms with E-state index in [1.54, 1.807) is 24.3 Å². The fourth-order valence-electron chi connectivity index (χ4n) is 3.47. The molecule has 0 atom stereocenters. The van der Waals surface area contributed by atoms with E-state index in [4.69, 9.17) is 14.6 Å². The fraction of sp³-hybridized carbons (Fsp3) is 0.148. The summed E-state index contributed by atoms with van der Waals surface area (Å²) in [5, 5.41) is 21.0. The fourth-order valence-corrected chi connectivity index (χ4v) is 4.24. The highest BCUT2D eigenvalue weighted by molar-refractivity contribution is 7.99. The zero-order valence-electron chi connectivity index (χ0n) is 20.5. The lowest BCUT2D eigenvalue weighted by Crippen LogP contribution is -2.34. The van der Waals surface area contributed by atoms with E-state index in [0.29, 0.717) is 23.1 Å². The average Bonchev–Trinajstić information content (AvgIpc) is 3.36. The first kappa shape index (κ1) is 26.4. The lowest BCUT2D eigenvalue weighted by Gasteiger charge is -2.07. The number of hydrogen-bond donors (Lipinski definition) is 3. The van der Waals surface area contributed by atoms with Gasteiger partial charge in [-0.1, -0.05) is 30.3 Å². The molecule has 10 nitrogen and oxygen atoms in total. The second kappa shape index (κ2) is 13.1. The number of amides is 1. The third-order valence-corrected chi connectivity index (χ3v) is 6.06. The molecule has 4 rings (SSSR count). The summed E-state index contributed by atoms with van der Waals surface area (Å²) >= 11 is 1.25. The molecule has 1 heterocycles. The summed E-state index contributed by atoms with van der Waals surface area (Å²) in [6, 6.07) is 24.3. The Bertz CT molecular complexity index is 1410. The van der Waals surface area contributed by atoms with Gasteiger partial charge < -0.3 is 14.6 Å². The van der Waals surface area contributed by atoms with E-state index in [0.717, 1.165) is 22.8 Å². The van der Waals surface area contributed by atoms with Crippen LogP contribution in [0.3, 0.4) is 0 Å². The third kappa shape index (κ3) is 6.98. The molecule has 1 amide bonds. The SMILES string of the molecule is CCOc1ccc(-[n+]2c(SCC(=O)N/N=C/c3ccccc3OCC(=O)O)n[nH]c2-c2ccccc2)cc1. The molecule has 38 heavy (non-hydrogen) atoms. The second-order valence-electron chi connectivity index (χ2n) is 7.79. The molecule has 0 aliphatic heterocycles. The summed E-state index contributed by atoms with van der Waals surface area (Å²) in [5.41, 5.74) is 4.83. The lowest BCUT2D eigenvalue weighted by molar-refractivity contribution is -0.625. The van der Waals surface area contributed by atoms with Crippen molar-refractivity contribution in [2.24, 2.45) is 5.10 Å². The first-order valence-corrected chi connectivity index (χ1v) is 12.7. The maximum Gasteiger partial charge on any atom is 0.342 e. The maximum absolute atomic E-state index is 12.5. The number of rotatable bonds is 12. The molecule has 194 valence electrons. The van der Waals surface area contributed by atoms with Crippen LogP contribution in [0.4, 0.5) is 0 Å². The van der Waals surface area contributed by atoms with Crippen molar-refractivity contribution in [2.45, 2.75) is 12.1 Å². The molecule has 0 aliphatic carbocycles. The Labute approximate surface area is 223 Å². The van der Waals surface area contributed by atoms with Crippen molar-refractivity contribution in [3.63, 3.8) is 0 Å². The molecule has 0 radical (unpaired) electrons. The summed E-state index contributed by atoms with van der Waals surface area (Å²) in [6.07, 6.45) is 1.40. The highest BCUT2D eigenvalue weighted by atomic mass is 32.2. The molecule has 4 aromatic rings. The number of aromatic amines is 1. The minimum absolute atomic E-state index is 0.0601. The van der Waals surface area contributed by atoms with Crippen LogP contribution in [0.1, 0.15) is 12.5 Å². The van der Waals surface area contributed by atoms with Gasteiger partial charge in [-0.05, 0) is 67.2 Å². The van der Waals surface area contributed by atoms with Gasteiger partial charge in [0.25, 0.3) is 11.7 Å². The summed E-state index contributed by atoms with van der Waals surface area (Å²) in [5.74, 6) is 0.529. The minimum atomic E-state index is -1.08. The zero-order valence-corrected chi connectivity index (χ0v) is 21.4. The predicted octanol–water partition coefficient (Wildman–Crippen LogP) is 3.46. The van der Waals surface area contributed by atoms with Crippen molar-refractivity contribution < 1.29 is 28.7 Å². The minimum Gasteiger partial charge on any atom is -0.494 e. The maximum atomic E-state index is 12.5. The van der Waals surface area contributed by atoms with Crippen LogP contribution in [0.5, 0.6) is 11.5 Å². The van der Waals surface area contributed by atoms with Crippen LogP contribution in [0.25, 0.3) is 17.1 Å². The molecule has 0 spiro atoms. The van der Waals surface area contributed by atoms with E-state index in [1.807, 2.05) is 66.1 Å². The van der Waals surface area contributed by atoms with Gasteiger partial charge in [-0.25, -0.2) is 10.2 Å². The van der Waals surface area contributed by atoms with Crippen molar-refractivity contribution in [3.05, 3.63) is 84.4 Å². The van der Waals surface area contributed by atoms with Gasteiger partial charge in [-0.2, -0.15) is 9.67 Å². The average molecular weight is 533 g/mol. The molecule has 0 saturated heterocycles. The van der Waals surface area contributed by atoms with Crippen LogP contribution in [-0.4, -0.2) is 52.4 Å². The predicted molar refractivity (Wildman–Crippen MR) is 143 cm³/mol. The monoisotopic (exact) mass is 532 g/mol. The number of thioether (sulfide) groups is 1. The Hall–Kier alpha value is -4.64. The Morgan fingerprint density at radius 3 is 2.53 bits per heavy atom. The highest BCUT2D eigenvalue weighted by Gasteiger charge is 2.24. The van der Waals surface area contributed by atoms with Crippen LogP contribution in [0, 0.1) is 0 Å². The van der Waals surface area contributed by atoms with Gasteiger partial charge in [0.1, 0.15) is 17.2 Å². The molecule has 0 aliphatic rings. The van der Waals surface area contributed by atoms with Crippen molar-refractivity contribution in [2.75, 3.05) is 19.0 Å². The number of ether oxygens (including phenoxy) is 2. The Kier molecular flexibility index (Phi) is 9.08. The number of carboxylic acid groups (broad SMARTS) is 1. The third-order valence-electron chi connectivity index (χ3n) is 5.12. The zero-order chi connectivity index (χ0) is 26.7. The van der Waals surface area contributed by atoms with Gasteiger partial charge >= 0.3 is 11.1 Å². The van der Waals surface area contributed by atoms with Gasteiger partial charge in [-0.3, -0.25) is 4.79 Å². The highest BCUT2D eigenvalue weighted by Crippen LogP contribution is 2.22. The Balaban J connectivity index is 1.46. The molecule has 0 saturated carbocycles. The van der Waals surface area contributed by atoms with Crippen LogP contribution < -0.4 is 19.5 Å². The number of carbonyl (C=O) groups is 2. The van der Waals surface area contributed by atoms with Crippen LogP contribution >= 0.6 is 11.8 Å². The number of aromatic nitrogens is 3. The van der Waals surface area contributed by atoms with E-state index in [9.17, 15) is 9.59 Å². The number of nitrogens with one attached hydrogen (secondary N) is 2. The van der Waals surface area contributed by atoms with E-state index in [1.165, 1.54) is 18.0 Å². The summed E-state index contributed by atoms with van der Waals surface area (Å²) in [4.78, 5) is 23.3. The number of nitrogens with zero attached hydrogens (tertiary/aromatic N) is 3. The number of benzene rings is 3. The second-order valence-corrected chi connectivity index (χ2v) is 8.73. The van der Waals surface area contributed by atoms with Crippen LogP contribution in [0.2, 0.25) is 0 Å². The van der Waals surface area contributed by atoms with E-state index in [2.05, 4.69) is 20.7 Å². The molecular formula is C27H26N5O5S+. The number of hydrazone groups is 1. The normalized spacial score (nSPS) is 10.9. The lowest BCUT2D eigenvalue weighted by atomic mass is 10.2. The van der Waals surface area contributed by atoms with Crippen molar-refractivity contribution in [3.8, 4) is 28.6 Å². The Morgan fingerprint density at radius 1 is 1.05 bits per heavy atom. The largest absolute Gasteiger partial charge is 0.494 e. The first-order chi connectivity index (χ1) is 18.5. The topological polar surface area (TPSA) is 130 Å². The van der Waals surface area contributed by atoms with Gasteiger partial charge in [-0.15, -0.1) is 5.10 Å². The molecular weight excluding hydrogens is 506 g/mol. The number of carboxylic acids is 1. The number of aliphatic carboxylic acids is 1. The van der Waals surface area contributed by atoms with Gasteiger partial charge in [0.05, 0.1) is 29.2 Å². The van der Waals surface area contributed by atoms with Gasteiger partial charge in [0, 0.05) is 5.56 Å². The van der Waals surface area contributed by atoms with E-state index in [-0.39, 0.29) is 11.7 Å². The smallest absolute Gasteiger partial charge is 0.342 e. The molecule has 1 aromatic heterocycles. The molecule has 0 bridgehead atoms. The molecule has 0 fully saturated rings. The standard InChI is InChI=1S/C27H25N5O5S/c1-2-36-22-14-12-21(13-15-22)32-26(19-8-4-3-5-9-19)30-31-27(32)38-18-24(33)29-28-16-20-10-6-7-11-23(20)37-17-25(34)35/h3-16H,2,17-18H2,1H3,(H2,29,33,34,35)/p+1/b28-16+. The van der Waals surface area contributed by atoms with Crippen molar-refractivity contribution in [1.82, 2.24) is 15.6 Å². The summed E-state index contributed by atoms with van der Waals surface area (Å²) < 4.78 is 12.8. The van der Waals surface area contributed by atoms with Crippen LogP contribution in [-0.2, 0) is 9.59 Å². The quantitative estimate of drug-likeness (QED) is 0.110. The van der Waals surface area contributed by atoms with Crippen LogP contribution in [0.15, 0.2) is 89.1 Å². The van der Waals surface area contributed by atoms with Gasteiger partial charge in [0.15, 0.2) is 6.61 Å². The summed E-state index contributed by atoms with van der Waals surface area (Å²) in [7, 11) is 0. The Morgan fingerprint density at radius 2 is 1.79 bits per heavy atom. The molecule has 0 unspecified atom stereocenters. The number of para-hydroxylation sites is 1. The number of carbonyl (C=O) groups excluding carboxylic acids is 1. The number of H-pyrrole nitrogens is 1. The van der Waals surface area contributed by atoms with E-state index >= 15 is 0 Å². The van der Waals surface area contributed by atoms with Gasteiger partial charge in [0.2, 0.25) is 0 Å². The summed E-state index contributed by atoms with van der Waals surface area (Å²) in [6.45, 7) is 2.03. The molecule has 11 heteroatoms. The van der Waals surface area contributed by atoms with Crippen molar-refractivity contribution >= 4 is 29.9 Å². The molecule has 3 aromatic carbocycles. The van der Waals surface area contributed by atoms with Crippen molar-refractivity contribution in [1.29, 1.82) is 0 Å². The van der Waals surface area contributed by atoms with E-state index < -0.39 is 12.6 Å². The first-order valence-electron chi connectivity index (χ1n) is 11.7.